The van der Waals surface area contributed by atoms with Gasteiger partial charge in [-0.1, -0.05) is 44.5 Å². The van der Waals surface area contributed by atoms with Crippen molar-refractivity contribution >= 4 is 10.9 Å². The van der Waals surface area contributed by atoms with Gasteiger partial charge in [-0.15, -0.1) is 0 Å². The molecule has 1 unspecified atom stereocenters. The number of pyridine rings is 1. The van der Waals surface area contributed by atoms with E-state index in [0.29, 0.717) is 6.04 Å². The molecule has 1 aromatic carbocycles. The van der Waals surface area contributed by atoms with Crippen LogP contribution in [0, 0.1) is 0 Å². The molecule has 2 rings (SSSR count). The molecular formula is C17H24N2. The molecule has 0 bridgehead atoms. The highest BCUT2D eigenvalue weighted by molar-refractivity contribution is 5.78. The van der Waals surface area contributed by atoms with Crippen molar-refractivity contribution in [3.05, 3.63) is 42.1 Å². The van der Waals surface area contributed by atoms with Crippen LogP contribution >= 0.6 is 0 Å². The lowest BCUT2D eigenvalue weighted by Gasteiger charge is -2.17. The molecule has 1 atom stereocenters. The number of rotatable bonds is 7. The summed E-state index contributed by atoms with van der Waals surface area (Å²) in [6, 6.07) is 13.2. The second-order valence-electron chi connectivity index (χ2n) is 5.14. The second kappa shape index (κ2) is 7.25. The first-order valence-electron chi connectivity index (χ1n) is 7.41. The lowest BCUT2D eigenvalue weighted by Crippen LogP contribution is -2.31. The predicted molar refractivity (Wildman–Crippen MR) is 82.4 cm³/mol. The molecule has 0 fully saturated rings. The van der Waals surface area contributed by atoms with Crippen LogP contribution in [0.1, 0.15) is 38.8 Å². The van der Waals surface area contributed by atoms with Crippen molar-refractivity contribution in [1.82, 2.24) is 10.3 Å². The van der Waals surface area contributed by atoms with Crippen molar-refractivity contribution in [2.24, 2.45) is 0 Å². The first-order valence-corrected chi connectivity index (χ1v) is 7.41. The number of hydrogen-bond acceptors (Lipinski definition) is 2. The van der Waals surface area contributed by atoms with Crippen molar-refractivity contribution < 1.29 is 0 Å². The minimum atomic E-state index is 0.554. The highest BCUT2D eigenvalue weighted by Crippen LogP contribution is 2.13. The van der Waals surface area contributed by atoms with Crippen molar-refractivity contribution in [2.45, 2.75) is 45.6 Å². The Bertz CT molecular complexity index is 507. The molecular weight excluding hydrogens is 232 g/mol. The maximum atomic E-state index is 4.77. The predicted octanol–water partition coefficient (Wildman–Crippen LogP) is 3.95. The molecule has 102 valence electrons. The Hall–Kier alpha value is -1.41. The standard InChI is InChI=1S/C17H24N2/c1-3-7-15(18-12-4-2)13-16-11-10-14-8-5-6-9-17(14)19-16/h5-6,8-11,15,18H,3-4,7,12-13H2,1-2H3. The first kappa shape index (κ1) is 14.0. The van der Waals surface area contributed by atoms with Crippen LogP contribution in [-0.4, -0.2) is 17.6 Å². The number of benzene rings is 1. The third kappa shape index (κ3) is 4.03. The molecule has 0 saturated carbocycles. The van der Waals surface area contributed by atoms with Crippen LogP contribution in [0.3, 0.4) is 0 Å². The van der Waals surface area contributed by atoms with Gasteiger partial charge in [0.2, 0.25) is 0 Å². The normalized spacial score (nSPS) is 12.7. The molecule has 2 nitrogen and oxygen atoms in total. The highest BCUT2D eigenvalue weighted by atomic mass is 14.9. The van der Waals surface area contributed by atoms with Gasteiger partial charge in [0.05, 0.1) is 5.52 Å². The van der Waals surface area contributed by atoms with Crippen LogP contribution in [0.5, 0.6) is 0 Å². The van der Waals surface area contributed by atoms with Gasteiger partial charge in [0, 0.05) is 23.5 Å². The fraction of sp³-hybridized carbons (Fsp3) is 0.471. The topological polar surface area (TPSA) is 24.9 Å². The summed E-state index contributed by atoms with van der Waals surface area (Å²) in [7, 11) is 0. The first-order chi connectivity index (χ1) is 9.33. The van der Waals surface area contributed by atoms with E-state index in [2.05, 4.69) is 55.6 Å². The smallest absolute Gasteiger partial charge is 0.0705 e. The molecule has 1 heterocycles. The van der Waals surface area contributed by atoms with Crippen LogP contribution in [0.15, 0.2) is 36.4 Å². The van der Waals surface area contributed by atoms with E-state index in [9.17, 15) is 0 Å². The second-order valence-corrected chi connectivity index (χ2v) is 5.14. The van der Waals surface area contributed by atoms with Gasteiger partial charge in [-0.2, -0.15) is 0 Å². The number of hydrogen-bond donors (Lipinski definition) is 1. The van der Waals surface area contributed by atoms with Gasteiger partial charge in [0.1, 0.15) is 0 Å². The SMILES string of the molecule is CCCNC(CCC)Cc1ccc2ccccc2n1. The van der Waals surface area contributed by atoms with Gasteiger partial charge >= 0.3 is 0 Å². The summed E-state index contributed by atoms with van der Waals surface area (Å²) >= 11 is 0. The third-order valence-corrected chi connectivity index (χ3v) is 3.43. The Kier molecular flexibility index (Phi) is 5.34. The van der Waals surface area contributed by atoms with Crippen LogP contribution in [0.4, 0.5) is 0 Å². The average molecular weight is 256 g/mol. The minimum absolute atomic E-state index is 0.554. The molecule has 0 spiro atoms. The fourth-order valence-electron chi connectivity index (χ4n) is 2.45. The fourth-order valence-corrected chi connectivity index (χ4v) is 2.45. The van der Waals surface area contributed by atoms with Crippen molar-refractivity contribution in [2.75, 3.05) is 6.54 Å². The van der Waals surface area contributed by atoms with E-state index in [0.717, 1.165) is 18.5 Å². The molecule has 0 aliphatic heterocycles. The van der Waals surface area contributed by atoms with Gasteiger partial charge in [-0.25, -0.2) is 0 Å². The number of nitrogens with one attached hydrogen (secondary N) is 1. The maximum Gasteiger partial charge on any atom is 0.0705 e. The summed E-state index contributed by atoms with van der Waals surface area (Å²) < 4.78 is 0. The molecule has 19 heavy (non-hydrogen) atoms. The molecule has 0 saturated heterocycles. The van der Waals surface area contributed by atoms with Crippen LogP contribution in [-0.2, 0) is 6.42 Å². The van der Waals surface area contributed by atoms with Gasteiger partial charge in [-0.05, 0) is 31.5 Å². The zero-order valence-corrected chi connectivity index (χ0v) is 12.0. The maximum absolute atomic E-state index is 4.77. The van der Waals surface area contributed by atoms with Crippen LogP contribution in [0.25, 0.3) is 10.9 Å². The van der Waals surface area contributed by atoms with Gasteiger partial charge in [0.25, 0.3) is 0 Å². The number of nitrogens with zero attached hydrogens (tertiary/aromatic N) is 1. The number of fused-ring (bicyclic) bond motifs is 1. The largest absolute Gasteiger partial charge is 0.314 e. The Balaban J connectivity index is 2.09. The Labute approximate surface area is 116 Å². The van der Waals surface area contributed by atoms with Crippen LogP contribution in [0.2, 0.25) is 0 Å². The summed E-state index contributed by atoms with van der Waals surface area (Å²) in [6.07, 6.45) is 4.65. The Morgan fingerprint density at radius 1 is 1.05 bits per heavy atom. The van der Waals surface area contributed by atoms with E-state index in [4.69, 9.17) is 4.98 Å². The highest BCUT2D eigenvalue weighted by Gasteiger charge is 2.09. The van der Waals surface area contributed by atoms with E-state index >= 15 is 0 Å². The van der Waals surface area contributed by atoms with Crippen LogP contribution < -0.4 is 5.32 Å². The number of aromatic nitrogens is 1. The lowest BCUT2D eigenvalue weighted by molar-refractivity contribution is 0.469. The quantitative estimate of drug-likeness (QED) is 0.811. The van der Waals surface area contributed by atoms with Crippen molar-refractivity contribution in [1.29, 1.82) is 0 Å². The third-order valence-electron chi connectivity index (χ3n) is 3.43. The van der Waals surface area contributed by atoms with Gasteiger partial charge in [0.15, 0.2) is 0 Å². The zero-order valence-electron chi connectivity index (χ0n) is 12.0. The number of para-hydroxylation sites is 1. The monoisotopic (exact) mass is 256 g/mol. The zero-order chi connectivity index (χ0) is 13.5. The van der Waals surface area contributed by atoms with Gasteiger partial charge in [-0.3, -0.25) is 4.98 Å². The summed E-state index contributed by atoms with van der Waals surface area (Å²) in [6.45, 7) is 5.55. The summed E-state index contributed by atoms with van der Waals surface area (Å²) in [5.41, 5.74) is 2.30. The molecule has 0 radical (unpaired) electrons. The average Bonchev–Trinajstić information content (AvgIpc) is 2.45. The van der Waals surface area contributed by atoms with Crippen molar-refractivity contribution in [3.63, 3.8) is 0 Å². The summed E-state index contributed by atoms with van der Waals surface area (Å²) in [4.78, 5) is 4.77. The molecule has 1 N–H and O–H groups in total. The van der Waals surface area contributed by atoms with Gasteiger partial charge < -0.3 is 5.32 Å². The Morgan fingerprint density at radius 3 is 2.68 bits per heavy atom. The molecule has 2 aromatic rings. The van der Waals surface area contributed by atoms with E-state index in [1.165, 1.54) is 30.3 Å². The van der Waals surface area contributed by atoms with E-state index in [-0.39, 0.29) is 0 Å². The molecule has 1 aromatic heterocycles. The summed E-state index contributed by atoms with van der Waals surface area (Å²) in [5.74, 6) is 0. The van der Waals surface area contributed by atoms with E-state index in [1.807, 2.05) is 0 Å². The minimum Gasteiger partial charge on any atom is -0.314 e. The van der Waals surface area contributed by atoms with Crippen molar-refractivity contribution in [3.8, 4) is 0 Å². The Morgan fingerprint density at radius 2 is 1.89 bits per heavy atom. The van der Waals surface area contributed by atoms with E-state index < -0.39 is 0 Å². The molecule has 2 heteroatoms. The molecule has 0 aliphatic rings. The summed E-state index contributed by atoms with van der Waals surface area (Å²) in [5, 5.41) is 4.85. The van der Waals surface area contributed by atoms with E-state index in [1.54, 1.807) is 0 Å². The lowest BCUT2D eigenvalue weighted by atomic mass is 10.0. The molecule has 0 amide bonds. The molecule has 0 aliphatic carbocycles.